The molecule has 0 saturated heterocycles. The summed E-state index contributed by atoms with van der Waals surface area (Å²) in [6.45, 7) is 2.05. The number of hydrogen-bond acceptors (Lipinski definition) is 4. The van der Waals surface area contributed by atoms with Gasteiger partial charge in [0.2, 0.25) is 5.91 Å². The van der Waals surface area contributed by atoms with E-state index in [1.807, 2.05) is 73.7 Å². The Morgan fingerprint density at radius 2 is 1.50 bits per heavy atom. The highest BCUT2D eigenvalue weighted by Crippen LogP contribution is 2.29. The van der Waals surface area contributed by atoms with Crippen molar-refractivity contribution in [3.8, 4) is 22.5 Å². The molecule has 0 spiro atoms. The van der Waals surface area contributed by atoms with Crippen molar-refractivity contribution >= 4 is 23.2 Å². The average molecular weight is 480 g/mol. The van der Waals surface area contributed by atoms with Gasteiger partial charge in [0.05, 0.1) is 6.20 Å². The maximum Gasteiger partial charge on any atom is 0.255 e. The molecule has 1 aromatic heterocycles. The molecule has 0 unspecified atom stereocenters. The monoisotopic (exact) mass is 479 g/mol. The van der Waals surface area contributed by atoms with Crippen LogP contribution in [0.3, 0.4) is 0 Å². The third-order valence-corrected chi connectivity index (χ3v) is 6.80. The number of benzene rings is 3. The van der Waals surface area contributed by atoms with Gasteiger partial charge in [0.25, 0.3) is 5.91 Å². The fourth-order valence-electron chi connectivity index (χ4n) is 4.71. The quantitative estimate of drug-likeness (QED) is 0.309. The van der Waals surface area contributed by atoms with E-state index in [1.54, 1.807) is 12.3 Å². The third kappa shape index (κ3) is 5.38. The van der Waals surface area contributed by atoms with Gasteiger partial charge < -0.3 is 15.2 Å². The lowest BCUT2D eigenvalue weighted by atomic mass is 9.88. The topological polar surface area (TPSA) is 84.2 Å². The zero-order valence-corrected chi connectivity index (χ0v) is 20.3. The first-order valence-corrected chi connectivity index (χ1v) is 12.4. The molecule has 1 saturated carbocycles. The number of anilines is 2. The minimum atomic E-state index is -0.181. The third-order valence-electron chi connectivity index (χ3n) is 6.80. The molecule has 6 heteroatoms. The van der Waals surface area contributed by atoms with Crippen LogP contribution in [-0.2, 0) is 4.79 Å². The van der Waals surface area contributed by atoms with E-state index in [1.165, 1.54) is 6.42 Å². The molecular weight excluding hydrogens is 450 g/mol. The summed E-state index contributed by atoms with van der Waals surface area (Å²) in [4.78, 5) is 25.5. The lowest BCUT2D eigenvalue weighted by Crippen LogP contribution is -2.24. The highest BCUT2D eigenvalue weighted by molar-refractivity contribution is 6.04. The smallest absolute Gasteiger partial charge is 0.255 e. The van der Waals surface area contributed by atoms with Crippen LogP contribution in [0.25, 0.3) is 22.5 Å². The number of aryl methyl sites for hydroxylation is 1. The second-order valence-electron chi connectivity index (χ2n) is 9.34. The first kappa shape index (κ1) is 23.5. The van der Waals surface area contributed by atoms with Crippen LogP contribution in [0.5, 0.6) is 0 Å². The van der Waals surface area contributed by atoms with Gasteiger partial charge in [0.15, 0.2) is 5.76 Å². The van der Waals surface area contributed by atoms with Crippen LogP contribution in [0, 0.1) is 12.8 Å². The van der Waals surface area contributed by atoms with Gasteiger partial charge in [0.1, 0.15) is 0 Å². The summed E-state index contributed by atoms with van der Waals surface area (Å²) in [5, 5.41) is 9.75. The fraction of sp³-hybridized carbons (Fsp3) is 0.233. The molecule has 2 amide bonds. The zero-order valence-electron chi connectivity index (χ0n) is 20.3. The van der Waals surface area contributed by atoms with Crippen LogP contribution in [0.4, 0.5) is 11.4 Å². The Balaban J connectivity index is 1.26. The molecule has 0 atom stereocenters. The molecule has 0 bridgehead atoms. The number of carbonyl (C=O) groups excluding carboxylic acids is 2. The summed E-state index contributed by atoms with van der Waals surface area (Å²) >= 11 is 0. The van der Waals surface area contributed by atoms with E-state index in [0.717, 1.165) is 53.6 Å². The van der Waals surface area contributed by atoms with Crippen molar-refractivity contribution in [2.24, 2.45) is 5.92 Å². The van der Waals surface area contributed by atoms with E-state index in [4.69, 9.17) is 4.52 Å². The van der Waals surface area contributed by atoms with Crippen molar-refractivity contribution in [3.05, 3.63) is 90.1 Å². The predicted octanol–water partition coefficient (Wildman–Crippen LogP) is 7.09. The molecule has 4 aromatic rings. The number of amides is 2. The molecule has 0 aliphatic heterocycles. The van der Waals surface area contributed by atoms with E-state index in [-0.39, 0.29) is 17.7 Å². The van der Waals surface area contributed by atoms with Gasteiger partial charge in [-0.05, 0) is 85.0 Å². The van der Waals surface area contributed by atoms with Crippen LogP contribution in [-0.4, -0.2) is 17.0 Å². The number of rotatable bonds is 6. The number of aromatic nitrogens is 1. The first-order valence-electron chi connectivity index (χ1n) is 12.4. The molecule has 6 nitrogen and oxygen atoms in total. The van der Waals surface area contributed by atoms with Crippen LogP contribution in [0.1, 0.15) is 48.0 Å². The van der Waals surface area contributed by atoms with E-state index in [9.17, 15) is 9.59 Å². The van der Waals surface area contributed by atoms with Gasteiger partial charge >= 0.3 is 0 Å². The van der Waals surface area contributed by atoms with Crippen molar-refractivity contribution in [2.75, 3.05) is 10.6 Å². The standard InChI is InChI=1S/C30H29N3O3/c1-20-7-14-26(33-29(34)23-5-3-2-4-6-23)19-27(20)21-8-10-24(11-9-21)30(35)32-25-15-12-22(13-16-25)28-17-18-31-36-28/h7-19,23H,2-6H2,1H3,(H,32,35)(H,33,34). The normalized spacial score (nSPS) is 13.8. The Morgan fingerprint density at radius 1 is 0.806 bits per heavy atom. The summed E-state index contributed by atoms with van der Waals surface area (Å²) < 4.78 is 5.16. The van der Waals surface area contributed by atoms with Crippen molar-refractivity contribution in [3.63, 3.8) is 0 Å². The molecule has 36 heavy (non-hydrogen) atoms. The summed E-state index contributed by atoms with van der Waals surface area (Å²) in [7, 11) is 0. The molecule has 3 aromatic carbocycles. The fourth-order valence-corrected chi connectivity index (χ4v) is 4.71. The summed E-state index contributed by atoms with van der Waals surface area (Å²) in [5.41, 5.74) is 6.10. The lowest BCUT2D eigenvalue weighted by molar-refractivity contribution is -0.120. The maximum absolute atomic E-state index is 12.8. The lowest BCUT2D eigenvalue weighted by Gasteiger charge is -2.21. The minimum Gasteiger partial charge on any atom is -0.356 e. The van der Waals surface area contributed by atoms with Crippen molar-refractivity contribution in [1.82, 2.24) is 5.16 Å². The van der Waals surface area contributed by atoms with Crippen LogP contribution < -0.4 is 10.6 Å². The molecule has 1 fully saturated rings. The molecule has 0 radical (unpaired) electrons. The van der Waals surface area contributed by atoms with Crippen LogP contribution in [0.15, 0.2) is 83.5 Å². The van der Waals surface area contributed by atoms with E-state index in [0.29, 0.717) is 17.0 Å². The van der Waals surface area contributed by atoms with Crippen LogP contribution >= 0.6 is 0 Å². The number of carbonyl (C=O) groups is 2. The van der Waals surface area contributed by atoms with Gasteiger partial charge in [-0.3, -0.25) is 9.59 Å². The number of hydrogen-bond donors (Lipinski definition) is 2. The summed E-state index contributed by atoms with van der Waals surface area (Å²) in [6.07, 6.45) is 7.03. The average Bonchev–Trinajstić information content (AvgIpc) is 3.46. The largest absolute Gasteiger partial charge is 0.356 e. The Labute approximate surface area is 210 Å². The summed E-state index contributed by atoms with van der Waals surface area (Å²) in [6, 6.07) is 22.7. The van der Waals surface area contributed by atoms with Gasteiger partial charge in [-0.25, -0.2) is 0 Å². The van der Waals surface area contributed by atoms with Gasteiger partial charge in [-0.15, -0.1) is 0 Å². The van der Waals surface area contributed by atoms with Crippen molar-refractivity contribution in [1.29, 1.82) is 0 Å². The van der Waals surface area contributed by atoms with E-state index >= 15 is 0 Å². The Morgan fingerprint density at radius 3 is 2.19 bits per heavy atom. The zero-order chi connectivity index (χ0) is 24.9. The summed E-state index contributed by atoms with van der Waals surface area (Å²) in [5.74, 6) is 0.723. The first-order chi connectivity index (χ1) is 17.6. The van der Waals surface area contributed by atoms with E-state index < -0.39 is 0 Å². The number of nitrogens with zero attached hydrogens (tertiary/aromatic N) is 1. The SMILES string of the molecule is Cc1ccc(NC(=O)C2CCCCC2)cc1-c1ccc(C(=O)Nc2ccc(-c3ccno3)cc2)cc1. The minimum absolute atomic E-state index is 0.111. The molecule has 182 valence electrons. The van der Waals surface area contributed by atoms with Gasteiger partial charge in [-0.2, -0.15) is 0 Å². The maximum atomic E-state index is 12.8. The molecular formula is C30H29N3O3. The second-order valence-corrected chi connectivity index (χ2v) is 9.34. The molecule has 2 N–H and O–H groups in total. The van der Waals surface area contributed by atoms with Crippen molar-refractivity contribution in [2.45, 2.75) is 39.0 Å². The second kappa shape index (κ2) is 10.6. The Hall–Kier alpha value is -4.19. The molecule has 1 heterocycles. The highest BCUT2D eigenvalue weighted by Gasteiger charge is 2.21. The molecule has 5 rings (SSSR count). The molecule has 1 aliphatic rings. The van der Waals surface area contributed by atoms with Gasteiger partial charge in [-0.1, -0.05) is 42.6 Å². The Bertz CT molecular complexity index is 1340. The number of nitrogens with one attached hydrogen (secondary N) is 2. The highest BCUT2D eigenvalue weighted by atomic mass is 16.5. The van der Waals surface area contributed by atoms with E-state index in [2.05, 4.69) is 15.8 Å². The predicted molar refractivity (Wildman–Crippen MR) is 142 cm³/mol. The van der Waals surface area contributed by atoms with Crippen LogP contribution in [0.2, 0.25) is 0 Å². The van der Waals surface area contributed by atoms with Crippen molar-refractivity contribution < 1.29 is 14.1 Å². The van der Waals surface area contributed by atoms with Gasteiger partial charge in [0, 0.05) is 34.5 Å². The Kier molecular flexibility index (Phi) is 6.94. The molecule has 1 aliphatic carbocycles.